The third-order valence-electron chi connectivity index (χ3n) is 12.8. The minimum absolute atomic E-state index is 0.127. The summed E-state index contributed by atoms with van der Waals surface area (Å²) >= 11 is 0. The number of aromatic nitrogens is 1. The number of benzene rings is 9. The molecular formula is C61H46N2. The van der Waals surface area contributed by atoms with Crippen LogP contribution in [-0.4, -0.2) is 4.57 Å². The van der Waals surface area contributed by atoms with E-state index in [1.165, 1.54) is 55.6 Å². The Kier molecular flexibility index (Phi) is 9.55. The predicted molar refractivity (Wildman–Crippen MR) is 265 cm³/mol. The van der Waals surface area contributed by atoms with Gasteiger partial charge in [0.05, 0.1) is 11.4 Å². The summed E-state index contributed by atoms with van der Waals surface area (Å²) in [6.45, 7) is 4.71. The first-order chi connectivity index (χ1) is 31.0. The summed E-state index contributed by atoms with van der Waals surface area (Å²) < 4.78 is 2.48. The number of fused-ring (bicyclic) bond motifs is 3. The van der Waals surface area contributed by atoms with Gasteiger partial charge in [0, 0.05) is 39.3 Å². The lowest BCUT2D eigenvalue weighted by molar-refractivity contribution is 0.660. The third-order valence-corrected chi connectivity index (χ3v) is 12.8. The molecule has 10 aromatic rings. The van der Waals surface area contributed by atoms with Gasteiger partial charge in [-0.05, 0) is 104 Å². The molecule has 1 heterocycles. The van der Waals surface area contributed by atoms with Gasteiger partial charge in [-0.25, -0.2) is 0 Å². The van der Waals surface area contributed by atoms with E-state index < -0.39 is 0 Å². The second-order valence-corrected chi connectivity index (χ2v) is 16.9. The largest absolute Gasteiger partial charge is 0.310 e. The Morgan fingerprint density at radius 1 is 0.317 bits per heavy atom. The fraction of sp³-hybridized carbons (Fsp3) is 0.0492. The van der Waals surface area contributed by atoms with E-state index in [4.69, 9.17) is 0 Å². The molecule has 0 spiro atoms. The first-order valence-electron chi connectivity index (χ1n) is 21.9. The Bertz CT molecular complexity index is 3090. The molecule has 0 bridgehead atoms. The van der Waals surface area contributed by atoms with Gasteiger partial charge in [-0.2, -0.15) is 0 Å². The van der Waals surface area contributed by atoms with E-state index in [0.717, 1.165) is 45.3 Å². The highest BCUT2D eigenvalue weighted by atomic mass is 15.1. The lowest BCUT2D eigenvalue weighted by atomic mass is 9.82. The number of hydrogen-bond acceptors (Lipinski definition) is 1. The fourth-order valence-corrected chi connectivity index (χ4v) is 9.80. The van der Waals surface area contributed by atoms with E-state index in [-0.39, 0.29) is 5.41 Å². The molecule has 0 aliphatic heterocycles. The molecule has 0 atom stereocenters. The normalized spacial score (nSPS) is 12.4. The van der Waals surface area contributed by atoms with Crippen LogP contribution < -0.4 is 4.90 Å². The highest BCUT2D eigenvalue weighted by Crippen LogP contribution is 2.52. The first-order valence-corrected chi connectivity index (χ1v) is 21.9. The van der Waals surface area contributed by atoms with Crippen molar-refractivity contribution < 1.29 is 0 Å². The van der Waals surface area contributed by atoms with Crippen LogP contribution >= 0.6 is 0 Å². The van der Waals surface area contributed by atoms with Crippen molar-refractivity contribution in [2.24, 2.45) is 0 Å². The molecule has 0 amide bonds. The van der Waals surface area contributed by atoms with Crippen molar-refractivity contribution in [3.63, 3.8) is 0 Å². The molecule has 1 aromatic heterocycles. The van der Waals surface area contributed by atoms with Crippen LogP contribution in [0.15, 0.2) is 243 Å². The highest BCUT2D eigenvalue weighted by Gasteiger charge is 2.36. The number of anilines is 3. The van der Waals surface area contributed by atoms with Gasteiger partial charge in [-0.3, -0.25) is 0 Å². The molecule has 1 aliphatic carbocycles. The Hall–Kier alpha value is -7.94. The summed E-state index contributed by atoms with van der Waals surface area (Å²) in [6.07, 6.45) is 0. The van der Waals surface area contributed by atoms with Crippen LogP contribution in [0.2, 0.25) is 0 Å². The molecule has 0 radical (unpaired) electrons. The maximum atomic E-state index is 2.48. The quantitative estimate of drug-likeness (QED) is 0.141. The monoisotopic (exact) mass is 806 g/mol. The molecule has 0 unspecified atom stereocenters. The third kappa shape index (κ3) is 6.68. The standard InChI is InChI=1S/C61H46N2/c1-61(2)55-31-19-18-30-53(55)54-41-40-52(42-56(54)61)62(50-36-32-44(33-37-50)43-20-8-3-9-21-43)51-38-34-48(35-39-51)60-58(46-24-12-5-13-25-46)57(45-22-10-4-11-23-45)59(47-26-14-6-15-27-47)63(60)49-28-16-7-17-29-49/h3-42H,1-2H3. The summed E-state index contributed by atoms with van der Waals surface area (Å²) in [4.78, 5) is 2.41. The van der Waals surface area contributed by atoms with Crippen LogP contribution in [0.3, 0.4) is 0 Å². The predicted octanol–water partition coefficient (Wildman–Crippen LogP) is 16.6. The van der Waals surface area contributed by atoms with E-state index >= 15 is 0 Å². The second kappa shape index (κ2) is 15.8. The minimum atomic E-state index is -0.127. The van der Waals surface area contributed by atoms with Crippen LogP contribution in [0.5, 0.6) is 0 Å². The Morgan fingerprint density at radius 2 is 0.698 bits per heavy atom. The zero-order chi connectivity index (χ0) is 42.3. The maximum absolute atomic E-state index is 2.48. The molecular weight excluding hydrogens is 761 g/mol. The van der Waals surface area contributed by atoms with E-state index in [0.29, 0.717) is 0 Å². The summed E-state index contributed by atoms with van der Waals surface area (Å²) in [6, 6.07) is 88.2. The zero-order valence-corrected chi connectivity index (χ0v) is 35.5. The number of para-hydroxylation sites is 1. The number of nitrogens with zero attached hydrogens (tertiary/aromatic N) is 2. The SMILES string of the molecule is CC1(C)c2ccccc2-c2ccc(N(c3ccc(-c4ccccc4)cc3)c3ccc(-c4c(-c5ccccc5)c(-c5ccccc5)c(-c5ccccc5)n4-c4ccccc4)cc3)cc21. The van der Waals surface area contributed by atoms with Crippen molar-refractivity contribution in [1.29, 1.82) is 0 Å². The molecule has 2 nitrogen and oxygen atoms in total. The zero-order valence-electron chi connectivity index (χ0n) is 35.5. The molecule has 63 heavy (non-hydrogen) atoms. The lowest BCUT2D eigenvalue weighted by Crippen LogP contribution is -2.16. The maximum Gasteiger partial charge on any atom is 0.0619 e. The molecule has 300 valence electrons. The Morgan fingerprint density at radius 3 is 1.24 bits per heavy atom. The van der Waals surface area contributed by atoms with Gasteiger partial charge >= 0.3 is 0 Å². The molecule has 0 fully saturated rings. The molecule has 2 heteroatoms. The fourth-order valence-electron chi connectivity index (χ4n) is 9.80. The van der Waals surface area contributed by atoms with Crippen LogP contribution in [0.25, 0.3) is 72.7 Å². The van der Waals surface area contributed by atoms with Gasteiger partial charge in [-0.1, -0.05) is 208 Å². The number of rotatable bonds is 9. The summed E-state index contributed by atoms with van der Waals surface area (Å²) in [5.41, 5.74) is 21.4. The molecule has 0 N–H and O–H groups in total. The van der Waals surface area contributed by atoms with Crippen molar-refractivity contribution in [2.75, 3.05) is 4.90 Å². The highest BCUT2D eigenvalue weighted by molar-refractivity contribution is 6.03. The topological polar surface area (TPSA) is 8.17 Å². The van der Waals surface area contributed by atoms with E-state index in [1.54, 1.807) is 0 Å². The smallest absolute Gasteiger partial charge is 0.0619 e. The van der Waals surface area contributed by atoms with Crippen LogP contribution in [0, 0.1) is 0 Å². The van der Waals surface area contributed by atoms with Crippen molar-refractivity contribution >= 4 is 17.1 Å². The molecule has 1 aliphatic rings. The first kappa shape index (κ1) is 38.0. The minimum Gasteiger partial charge on any atom is -0.310 e. The van der Waals surface area contributed by atoms with E-state index in [1.807, 2.05) is 0 Å². The Balaban J connectivity index is 1.13. The van der Waals surface area contributed by atoms with Crippen molar-refractivity contribution in [3.8, 4) is 72.7 Å². The van der Waals surface area contributed by atoms with Gasteiger partial charge < -0.3 is 9.47 Å². The molecule has 11 rings (SSSR count). The average Bonchev–Trinajstić information content (AvgIpc) is 3.83. The van der Waals surface area contributed by atoms with Crippen LogP contribution in [0.1, 0.15) is 25.0 Å². The van der Waals surface area contributed by atoms with Crippen LogP contribution in [0.4, 0.5) is 17.1 Å². The van der Waals surface area contributed by atoms with Crippen molar-refractivity contribution in [1.82, 2.24) is 4.57 Å². The molecule has 0 saturated heterocycles. The molecule has 9 aromatic carbocycles. The summed E-state index contributed by atoms with van der Waals surface area (Å²) in [5, 5.41) is 0. The van der Waals surface area contributed by atoms with Gasteiger partial charge in [0.15, 0.2) is 0 Å². The van der Waals surface area contributed by atoms with Gasteiger partial charge in [-0.15, -0.1) is 0 Å². The lowest BCUT2D eigenvalue weighted by Gasteiger charge is -2.28. The van der Waals surface area contributed by atoms with Crippen molar-refractivity contribution in [2.45, 2.75) is 19.3 Å². The summed E-state index contributed by atoms with van der Waals surface area (Å²) in [5.74, 6) is 0. The van der Waals surface area contributed by atoms with E-state index in [9.17, 15) is 0 Å². The van der Waals surface area contributed by atoms with Gasteiger partial charge in [0.25, 0.3) is 0 Å². The molecule has 0 saturated carbocycles. The average molecular weight is 807 g/mol. The second-order valence-electron chi connectivity index (χ2n) is 16.9. The van der Waals surface area contributed by atoms with Crippen molar-refractivity contribution in [3.05, 3.63) is 254 Å². The van der Waals surface area contributed by atoms with Gasteiger partial charge in [0.1, 0.15) is 0 Å². The van der Waals surface area contributed by atoms with Crippen LogP contribution in [-0.2, 0) is 5.41 Å². The number of hydrogen-bond donors (Lipinski definition) is 0. The Labute approximate surface area is 370 Å². The van der Waals surface area contributed by atoms with E-state index in [2.05, 4.69) is 266 Å². The summed E-state index contributed by atoms with van der Waals surface area (Å²) in [7, 11) is 0. The van der Waals surface area contributed by atoms with Gasteiger partial charge in [0.2, 0.25) is 0 Å².